The molecule has 0 amide bonds. The van der Waals surface area contributed by atoms with Gasteiger partial charge in [0, 0.05) is 19.3 Å². The van der Waals surface area contributed by atoms with Crippen molar-refractivity contribution in [2.24, 2.45) is 0 Å². The lowest BCUT2D eigenvalue weighted by Crippen LogP contribution is -2.30. The first-order chi connectivity index (χ1) is 33.5. The molecule has 0 fully saturated rings. The van der Waals surface area contributed by atoms with Crippen LogP contribution >= 0.6 is 0 Å². The van der Waals surface area contributed by atoms with Crippen LogP contribution in [0.1, 0.15) is 258 Å². The second kappa shape index (κ2) is 55.9. The smallest absolute Gasteiger partial charge is 0.306 e. The normalized spacial score (nSPS) is 12.8. The Labute approximate surface area is 419 Å². The highest BCUT2D eigenvalue weighted by atomic mass is 16.6. The molecular weight excluding hydrogens is 841 g/mol. The molecule has 0 bridgehead atoms. The summed E-state index contributed by atoms with van der Waals surface area (Å²) < 4.78 is 16.7. The SMILES string of the molecule is CC/C=C\C/C=C\C/C=C\C/C=C\C/C=C\C/C=C\C/C=C\C/C=C\CCCCCCCCC(=O)OCC(COC(=O)CCCCCCC)OC(=O)CCCCCCCCCCCCCCCC. The molecule has 0 spiro atoms. The summed E-state index contributed by atoms with van der Waals surface area (Å²) in [4.78, 5) is 37.7. The van der Waals surface area contributed by atoms with Gasteiger partial charge in [-0.1, -0.05) is 253 Å². The van der Waals surface area contributed by atoms with Crippen LogP contribution in [-0.2, 0) is 28.6 Å². The number of hydrogen-bond donors (Lipinski definition) is 0. The molecule has 0 aliphatic carbocycles. The van der Waals surface area contributed by atoms with Gasteiger partial charge in [-0.05, 0) is 83.5 Å². The summed E-state index contributed by atoms with van der Waals surface area (Å²) in [6, 6.07) is 0. The maximum atomic E-state index is 12.7. The van der Waals surface area contributed by atoms with Gasteiger partial charge in [-0.15, -0.1) is 0 Å². The molecule has 1 unspecified atom stereocenters. The zero-order valence-corrected chi connectivity index (χ0v) is 44.3. The molecule has 0 saturated heterocycles. The van der Waals surface area contributed by atoms with Gasteiger partial charge in [-0.25, -0.2) is 0 Å². The third-order valence-electron chi connectivity index (χ3n) is 11.9. The minimum Gasteiger partial charge on any atom is -0.462 e. The molecule has 0 heterocycles. The Morgan fingerprint density at radius 3 is 0.897 bits per heavy atom. The molecule has 0 N–H and O–H groups in total. The zero-order chi connectivity index (χ0) is 49.3. The Morgan fingerprint density at radius 1 is 0.309 bits per heavy atom. The van der Waals surface area contributed by atoms with E-state index < -0.39 is 6.10 Å². The first-order valence-electron chi connectivity index (χ1n) is 28.2. The summed E-state index contributed by atoms with van der Waals surface area (Å²) >= 11 is 0. The van der Waals surface area contributed by atoms with Crippen LogP contribution in [0.5, 0.6) is 0 Å². The van der Waals surface area contributed by atoms with Crippen molar-refractivity contribution in [3.8, 4) is 0 Å². The van der Waals surface area contributed by atoms with E-state index in [1.807, 2.05) is 0 Å². The van der Waals surface area contributed by atoms with Gasteiger partial charge in [0.15, 0.2) is 6.10 Å². The van der Waals surface area contributed by atoms with Crippen molar-refractivity contribution in [2.75, 3.05) is 13.2 Å². The van der Waals surface area contributed by atoms with Crippen molar-refractivity contribution in [1.82, 2.24) is 0 Å². The lowest BCUT2D eigenvalue weighted by Gasteiger charge is -2.18. The average molecular weight is 946 g/mol. The Morgan fingerprint density at radius 2 is 0.574 bits per heavy atom. The monoisotopic (exact) mass is 945 g/mol. The standard InChI is InChI=1S/C62H104O6/c1-4-7-10-13-15-17-19-21-23-24-25-26-27-28-29-30-31-32-33-34-35-36-37-38-39-41-42-44-46-49-52-55-61(64)67-58-59(57-66-60(63)54-51-48-12-9-6-3)68-62(65)56-53-50-47-45-43-40-22-20-18-16-14-11-8-5-2/h7,10,15,17,21,23,25-26,28-29,31-32,34-35,37-38,59H,4-6,8-9,11-14,16,18-20,22,24,27,30,33,36,39-58H2,1-3H3/b10-7-,17-15-,23-21-,26-25-,29-28-,32-31-,35-34-,38-37-. The summed E-state index contributed by atoms with van der Waals surface area (Å²) in [5.74, 6) is -0.908. The molecule has 1 atom stereocenters. The molecule has 0 aromatic carbocycles. The van der Waals surface area contributed by atoms with Crippen molar-refractivity contribution in [3.05, 3.63) is 97.2 Å². The lowest BCUT2D eigenvalue weighted by molar-refractivity contribution is -0.167. The topological polar surface area (TPSA) is 78.9 Å². The minimum absolute atomic E-state index is 0.0808. The van der Waals surface area contributed by atoms with E-state index in [-0.39, 0.29) is 31.1 Å². The average Bonchev–Trinajstić information content (AvgIpc) is 3.34. The number of carbonyl (C=O) groups is 3. The fourth-order valence-electron chi connectivity index (χ4n) is 7.63. The minimum atomic E-state index is -0.777. The number of esters is 3. The Bertz CT molecular complexity index is 1360. The van der Waals surface area contributed by atoms with Gasteiger partial charge in [-0.2, -0.15) is 0 Å². The van der Waals surface area contributed by atoms with Gasteiger partial charge in [-0.3, -0.25) is 14.4 Å². The van der Waals surface area contributed by atoms with Gasteiger partial charge < -0.3 is 14.2 Å². The van der Waals surface area contributed by atoms with E-state index in [1.54, 1.807) is 0 Å². The van der Waals surface area contributed by atoms with E-state index in [0.29, 0.717) is 19.3 Å². The van der Waals surface area contributed by atoms with Crippen LogP contribution in [0.25, 0.3) is 0 Å². The van der Waals surface area contributed by atoms with Crippen LogP contribution in [0.2, 0.25) is 0 Å². The van der Waals surface area contributed by atoms with Gasteiger partial charge >= 0.3 is 17.9 Å². The summed E-state index contributed by atoms with van der Waals surface area (Å²) in [5, 5.41) is 0. The van der Waals surface area contributed by atoms with Crippen molar-refractivity contribution >= 4 is 17.9 Å². The fraction of sp³-hybridized carbons (Fsp3) is 0.694. The quantitative estimate of drug-likeness (QED) is 0.0262. The Kier molecular flexibility index (Phi) is 52.9. The van der Waals surface area contributed by atoms with Crippen LogP contribution < -0.4 is 0 Å². The van der Waals surface area contributed by atoms with E-state index in [1.165, 1.54) is 89.9 Å². The first kappa shape index (κ1) is 64.3. The molecular formula is C62H104O6. The third-order valence-corrected chi connectivity index (χ3v) is 11.9. The van der Waals surface area contributed by atoms with Gasteiger partial charge in [0.1, 0.15) is 13.2 Å². The highest BCUT2D eigenvalue weighted by Gasteiger charge is 2.19. The number of allylic oxidation sites excluding steroid dienone is 16. The van der Waals surface area contributed by atoms with E-state index in [4.69, 9.17) is 14.2 Å². The van der Waals surface area contributed by atoms with Gasteiger partial charge in [0.2, 0.25) is 0 Å². The molecule has 0 aromatic rings. The maximum absolute atomic E-state index is 12.7. The fourth-order valence-corrected chi connectivity index (χ4v) is 7.63. The van der Waals surface area contributed by atoms with Crippen molar-refractivity contribution in [3.63, 3.8) is 0 Å². The zero-order valence-electron chi connectivity index (χ0n) is 44.3. The van der Waals surface area contributed by atoms with E-state index in [2.05, 4.69) is 118 Å². The molecule has 6 heteroatoms. The Hall–Kier alpha value is -3.67. The highest BCUT2D eigenvalue weighted by molar-refractivity contribution is 5.71. The molecule has 68 heavy (non-hydrogen) atoms. The van der Waals surface area contributed by atoms with Crippen LogP contribution in [0.15, 0.2) is 97.2 Å². The maximum Gasteiger partial charge on any atom is 0.306 e. The van der Waals surface area contributed by atoms with E-state index in [0.717, 1.165) is 128 Å². The predicted molar refractivity (Wildman–Crippen MR) is 293 cm³/mol. The molecule has 0 saturated carbocycles. The number of hydrogen-bond acceptors (Lipinski definition) is 6. The van der Waals surface area contributed by atoms with Gasteiger partial charge in [0.25, 0.3) is 0 Å². The highest BCUT2D eigenvalue weighted by Crippen LogP contribution is 2.15. The van der Waals surface area contributed by atoms with Crippen molar-refractivity contribution in [2.45, 2.75) is 264 Å². The van der Waals surface area contributed by atoms with Gasteiger partial charge in [0.05, 0.1) is 0 Å². The molecule has 0 aliphatic rings. The summed E-state index contributed by atoms with van der Waals surface area (Å²) in [6.07, 6.45) is 74.4. The summed E-state index contributed by atoms with van der Waals surface area (Å²) in [6.45, 7) is 6.43. The third kappa shape index (κ3) is 53.3. The second-order valence-electron chi connectivity index (χ2n) is 18.5. The van der Waals surface area contributed by atoms with Crippen molar-refractivity contribution < 1.29 is 28.6 Å². The molecule has 0 aromatic heterocycles. The van der Waals surface area contributed by atoms with Crippen LogP contribution in [0, 0.1) is 0 Å². The number of carbonyl (C=O) groups excluding carboxylic acids is 3. The Balaban J connectivity index is 4.10. The van der Waals surface area contributed by atoms with Crippen LogP contribution in [0.4, 0.5) is 0 Å². The molecule has 0 aliphatic heterocycles. The van der Waals surface area contributed by atoms with E-state index >= 15 is 0 Å². The lowest BCUT2D eigenvalue weighted by atomic mass is 10.0. The van der Waals surface area contributed by atoms with Crippen LogP contribution in [-0.4, -0.2) is 37.2 Å². The van der Waals surface area contributed by atoms with Crippen LogP contribution in [0.3, 0.4) is 0 Å². The first-order valence-corrected chi connectivity index (χ1v) is 28.2. The molecule has 0 rings (SSSR count). The molecule has 6 nitrogen and oxygen atoms in total. The molecule has 0 radical (unpaired) electrons. The molecule has 388 valence electrons. The summed E-state index contributed by atoms with van der Waals surface area (Å²) in [5.41, 5.74) is 0. The number of unbranched alkanes of at least 4 members (excludes halogenated alkanes) is 23. The number of ether oxygens (including phenoxy) is 3. The summed E-state index contributed by atoms with van der Waals surface area (Å²) in [7, 11) is 0. The number of rotatable bonds is 50. The van der Waals surface area contributed by atoms with Crippen molar-refractivity contribution in [1.29, 1.82) is 0 Å². The second-order valence-corrected chi connectivity index (χ2v) is 18.5. The largest absolute Gasteiger partial charge is 0.462 e. The van der Waals surface area contributed by atoms with E-state index in [9.17, 15) is 14.4 Å². The predicted octanol–water partition coefficient (Wildman–Crippen LogP) is 18.9.